The summed E-state index contributed by atoms with van der Waals surface area (Å²) in [4.78, 5) is 2.25. The largest absolute Gasteiger partial charge is 1.00 e. The van der Waals surface area contributed by atoms with Crippen molar-refractivity contribution in [3.63, 3.8) is 0 Å². The van der Waals surface area contributed by atoms with Crippen molar-refractivity contribution >= 4 is 44.6 Å². The number of aromatic nitrogens is 1. The molecular formula is C34H40Br2ClN3O5S. The highest BCUT2D eigenvalue weighted by Gasteiger charge is 2.28. The van der Waals surface area contributed by atoms with Gasteiger partial charge in [0.15, 0.2) is 12.3 Å². The molecule has 0 amide bonds. The first-order chi connectivity index (χ1) is 20.9. The van der Waals surface area contributed by atoms with E-state index < -0.39 is 10.1 Å². The fourth-order valence-corrected chi connectivity index (χ4v) is 5.99. The predicted molar refractivity (Wildman–Crippen MR) is 176 cm³/mol. The van der Waals surface area contributed by atoms with E-state index >= 15 is 0 Å². The molecule has 0 radical (unpaired) electrons. The number of halogens is 3. The van der Waals surface area contributed by atoms with Gasteiger partial charge >= 0.3 is 5.89 Å². The van der Waals surface area contributed by atoms with Crippen LogP contribution in [0.2, 0.25) is 5.02 Å². The molecule has 46 heavy (non-hydrogen) atoms. The lowest BCUT2D eigenvalue weighted by Gasteiger charge is -2.26. The lowest BCUT2D eigenvalue weighted by Crippen LogP contribution is -3.00. The van der Waals surface area contributed by atoms with E-state index in [1.165, 1.54) is 0 Å². The first-order valence-corrected chi connectivity index (χ1v) is 16.8. The molecule has 0 spiro atoms. The molecule has 12 heteroatoms. The lowest BCUT2D eigenvalue weighted by atomic mass is 10.0. The number of rotatable bonds is 12. The van der Waals surface area contributed by atoms with Gasteiger partial charge < -0.3 is 52.5 Å². The van der Waals surface area contributed by atoms with Crippen molar-refractivity contribution in [3.8, 4) is 16.9 Å². The van der Waals surface area contributed by atoms with Gasteiger partial charge in [-0.15, -0.1) is 0 Å². The predicted octanol–water partition coefficient (Wildman–Crippen LogP) is 0.957. The van der Waals surface area contributed by atoms with Crippen LogP contribution < -0.4 is 48.2 Å². The Kier molecular flexibility index (Phi) is 13.1. The molecule has 248 valence electrons. The second-order valence-corrected chi connectivity index (χ2v) is 14.1. The van der Waals surface area contributed by atoms with Crippen LogP contribution in [0.5, 0.6) is 5.75 Å². The molecule has 4 aromatic rings. The molecule has 2 heterocycles. The molecule has 0 fully saturated rings. The van der Waals surface area contributed by atoms with Crippen molar-refractivity contribution in [1.82, 2.24) is 0 Å². The number of quaternary nitrogens is 1. The highest BCUT2D eigenvalue weighted by molar-refractivity contribution is 7.85. The number of nitrogens with zero attached hydrogens (tertiary/aromatic N) is 3. The summed E-state index contributed by atoms with van der Waals surface area (Å²) in [6, 6.07) is 22.0. The van der Waals surface area contributed by atoms with Crippen LogP contribution in [0.15, 0.2) is 88.7 Å². The third-order valence-corrected chi connectivity index (χ3v) is 8.59. The molecule has 1 aliphatic heterocycles. The van der Waals surface area contributed by atoms with E-state index in [1.54, 1.807) is 18.2 Å². The van der Waals surface area contributed by atoms with Crippen molar-refractivity contribution in [2.45, 2.75) is 32.7 Å². The monoisotopic (exact) mass is 795 g/mol. The van der Waals surface area contributed by atoms with E-state index in [9.17, 15) is 13.0 Å². The minimum atomic E-state index is -4.08. The first kappa shape index (κ1) is 37.8. The SMILES string of the molecule is CCC(=Cc1oc2ccc(Cl)cc2[n+]1CCCS(=O)(=O)O)C=C1Oc2ccc(-c3ccccc3)cc2N1CCC[N+](C)(C)C.[Br-].[Br-]. The number of oxazole rings is 1. The Balaban J connectivity index is 0.00000288. The van der Waals surface area contributed by atoms with Gasteiger partial charge in [0.05, 0.1) is 45.2 Å². The Morgan fingerprint density at radius 3 is 2.41 bits per heavy atom. The Morgan fingerprint density at radius 2 is 1.74 bits per heavy atom. The number of ether oxygens (including phenoxy) is 1. The number of hydrogen-bond acceptors (Lipinski definition) is 5. The molecule has 1 aliphatic rings. The molecule has 0 bridgehead atoms. The van der Waals surface area contributed by atoms with E-state index in [4.69, 9.17) is 20.8 Å². The molecule has 0 saturated carbocycles. The molecule has 5 rings (SSSR count). The van der Waals surface area contributed by atoms with Crippen molar-refractivity contribution < 1.29 is 65.1 Å². The summed E-state index contributed by atoms with van der Waals surface area (Å²) < 4.78 is 47.5. The van der Waals surface area contributed by atoms with E-state index in [1.807, 2.05) is 34.9 Å². The van der Waals surface area contributed by atoms with Crippen LogP contribution >= 0.6 is 11.6 Å². The summed E-state index contributed by atoms with van der Waals surface area (Å²) in [7, 11) is 2.51. The number of fused-ring (bicyclic) bond motifs is 2. The molecule has 1 aromatic heterocycles. The molecule has 0 aliphatic carbocycles. The number of allylic oxidation sites excluding steroid dienone is 2. The maximum atomic E-state index is 11.4. The lowest BCUT2D eigenvalue weighted by molar-refractivity contribution is -0.870. The van der Waals surface area contributed by atoms with Crippen LogP contribution in [0.4, 0.5) is 5.69 Å². The maximum absolute atomic E-state index is 11.4. The van der Waals surface area contributed by atoms with Gasteiger partial charge in [-0.1, -0.05) is 54.9 Å². The van der Waals surface area contributed by atoms with Gasteiger partial charge in [0.2, 0.25) is 11.5 Å². The molecule has 8 nitrogen and oxygen atoms in total. The zero-order valence-electron chi connectivity index (χ0n) is 26.4. The van der Waals surface area contributed by atoms with Crippen LogP contribution in [0, 0.1) is 0 Å². The summed E-state index contributed by atoms with van der Waals surface area (Å²) in [5, 5.41) is 0.548. The molecule has 3 aromatic carbocycles. The Labute approximate surface area is 297 Å². The molecule has 0 unspecified atom stereocenters. The number of hydrogen-bond donors (Lipinski definition) is 1. The van der Waals surface area contributed by atoms with Gasteiger partial charge in [-0.2, -0.15) is 13.0 Å². The Morgan fingerprint density at radius 1 is 1.00 bits per heavy atom. The van der Waals surface area contributed by atoms with E-state index in [0.717, 1.165) is 63.5 Å². The molecule has 1 N–H and O–H groups in total. The third kappa shape index (κ3) is 9.68. The summed E-state index contributed by atoms with van der Waals surface area (Å²) in [6.07, 6.45) is 5.91. The normalized spacial score (nSPS) is 14.2. The van der Waals surface area contributed by atoms with E-state index in [-0.39, 0.29) is 46.1 Å². The van der Waals surface area contributed by atoms with Gasteiger partial charge in [0.25, 0.3) is 15.6 Å². The molecular weight excluding hydrogens is 758 g/mol. The quantitative estimate of drug-likeness (QED) is 0.131. The van der Waals surface area contributed by atoms with Crippen LogP contribution in [0.1, 0.15) is 32.1 Å². The average Bonchev–Trinajstić information content (AvgIpc) is 3.48. The van der Waals surface area contributed by atoms with E-state index in [2.05, 4.69) is 63.3 Å². The fraction of sp³-hybridized carbons (Fsp3) is 0.324. The zero-order valence-corrected chi connectivity index (χ0v) is 31.2. The van der Waals surface area contributed by atoms with Crippen LogP contribution in [0.25, 0.3) is 28.3 Å². The minimum Gasteiger partial charge on any atom is -1.00 e. The van der Waals surface area contributed by atoms with Crippen LogP contribution in [-0.2, 0) is 16.7 Å². The second kappa shape index (κ2) is 16.0. The summed E-state index contributed by atoms with van der Waals surface area (Å²) in [5.41, 5.74) is 5.67. The van der Waals surface area contributed by atoms with Gasteiger partial charge in [0.1, 0.15) is 0 Å². The topological polar surface area (TPSA) is 83.9 Å². The second-order valence-electron chi connectivity index (χ2n) is 12.1. The van der Waals surface area contributed by atoms with E-state index in [0.29, 0.717) is 29.5 Å². The van der Waals surface area contributed by atoms with Gasteiger partial charge in [-0.3, -0.25) is 4.55 Å². The van der Waals surface area contributed by atoms with Crippen LogP contribution in [-0.4, -0.2) is 57.4 Å². The fourth-order valence-electron chi connectivity index (χ4n) is 5.33. The van der Waals surface area contributed by atoms with Crippen molar-refractivity contribution in [3.05, 3.63) is 95.2 Å². The van der Waals surface area contributed by atoms with Crippen molar-refractivity contribution in [2.24, 2.45) is 0 Å². The smallest absolute Gasteiger partial charge is 0.374 e. The highest BCUT2D eigenvalue weighted by atomic mass is 79.9. The first-order valence-electron chi connectivity index (χ1n) is 14.8. The van der Waals surface area contributed by atoms with Crippen LogP contribution in [0.3, 0.4) is 0 Å². The highest BCUT2D eigenvalue weighted by Crippen LogP contribution is 2.42. The molecule has 0 saturated heterocycles. The standard InChI is InChI=1S/C34H39ClN3O5S.2BrH/c1-5-25(22-34-37(18-10-20-44(39,40)41)30-24-28(35)14-16-32(30)43-34)21-33-36(17-9-19-38(2,3)4)29-23-27(13-15-31(29)42-33)26-11-7-6-8-12-26;;/h6-8,11-16,21-24H,5,9-10,17-20H2,1-4H3;2*1H/q+1;;/p-1. The average molecular weight is 798 g/mol. The van der Waals surface area contributed by atoms with Crippen molar-refractivity contribution in [2.75, 3.05) is 44.9 Å². The summed E-state index contributed by atoms with van der Waals surface area (Å²) in [5.74, 6) is 1.78. The third-order valence-electron chi connectivity index (χ3n) is 7.55. The Hall–Kier alpha value is -2.67. The summed E-state index contributed by atoms with van der Waals surface area (Å²) in [6.45, 7) is 4.21. The van der Waals surface area contributed by atoms with Gasteiger partial charge in [-0.25, -0.2) is 0 Å². The number of aryl methyl sites for hydroxylation is 1. The number of anilines is 1. The maximum Gasteiger partial charge on any atom is 0.374 e. The van der Waals surface area contributed by atoms with Gasteiger partial charge in [0, 0.05) is 36.6 Å². The minimum absolute atomic E-state index is 0. The molecule has 0 atom stereocenters. The summed E-state index contributed by atoms with van der Waals surface area (Å²) >= 11 is 6.29. The Bertz CT molecular complexity index is 1820. The van der Waals surface area contributed by atoms with Gasteiger partial charge in [-0.05, 0) is 47.4 Å². The van der Waals surface area contributed by atoms with Crippen molar-refractivity contribution in [1.29, 1.82) is 0 Å². The zero-order chi connectivity index (χ0) is 31.5. The number of benzene rings is 3.